The van der Waals surface area contributed by atoms with Crippen LogP contribution in [-0.4, -0.2) is 74.2 Å². The Hall–Kier alpha value is -0.650. The molecule has 1 saturated heterocycles. The highest BCUT2D eigenvalue weighted by molar-refractivity contribution is 5.74. The van der Waals surface area contributed by atoms with Crippen LogP contribution in [0.25, 0.3) is 0 Å². The molecule has 0 unspecified atom stereocenters. The van der Waals surface area contributed by atoms with E-state index >= 15 is 0 Å². The highest BCUT2D eigenvalue weighted by atomic mass is 16.7. The van der Waals surface area contributed by atoms with Crippen molar-refractivity contribution in [3.8, 4) is 0 Å². The smallest absolute Gasteiger partial charge is 0.247 e. The third-order valence-corrected chi connectivity index (χ3v) is 3.40. The van der Waals surface area contributed by atoms with E-state index in [9.17, 15) is 4.79 Å². The van der Waals surface area contributed by atoms with Crippen molar-refractivity contribution < 1.29 is 9.63 Å². The highest BCUT2D eigenvalue weighted by Gasteiger charge is 2.15. The van der Waals surface area contributed by atoms with E-state index in [1.54, 1.807) is 7.05 Å². The summed E-state index contributed by atoms with van der Waals surface area (Å²) in [6.07, 6.45) is 1.73. The fraction of sp³-hybridized carbons (Fsp3) is 0.917. The van der Waals surface area contributed by atoms with Crippen LogP contribution in [0, 0.1) is 0 Å². The van der Waals surface area contributed by atoms with Gasteiger partial charge in [0.25, 0.3) is 0 Å². The van der Waals surface area contributed by atoms with Crippen LogP contribution in [0.4, 0.5) is 0 Å². The zero-order valence-corrected chi connectivity index (χ0v) is 11.3. The lowest BCUT2D eigenvalue weighted by molar-refractivity contribution is -0.168. The van der Waals surface area contributed by atoms with Gasteiger partial charge in [-0.15, -0.1) is 0 Å². The molecule has 0 aromatic heterocycles. The number of carbonyl (C=O) groups excluding carboxylic acids is 1. The van der Waals surface area contributed by atoms with Gasteiger partial charge >= 0.3 is 0 Å². The molecule has 0 aromatic carbocycles. The number of likely N-dealkylation sites (N-methyl/N-ethyl adjacent to an activating group) is 1. The summed E-state index contributed by atoms with van der Waals surface area (Å²) in [5.74, 6) is 0.0455. The van der Waals surface area contributed by atoms with Crippen LogP contribution in [0.3, 0.4) is 0 Å². The summed E-state index contributed by atoms with van der Waals surface area (Å²) in [7, 11) is 3.17. The van der Waals surface area contributed by atoms with Gasteiger partial charge in [0.15, 0.2) is 0 Å². The van der Waals surface area contributed by atoms with Gasteiger partial charge in [-0.3, -0.25) is 9.63 Å². The van der Waals surface area contributed by atoms with E-state index in [0.29, 0.717) is 6.42 Å². The van der Waals surface area contributed by atoms with Crippen LogP contribution in [0.1, 0.15) is 19.8 Å². The highest BCUT2D eigenvalue weighted by Crippen LogP contribution is 2.04. The number of hydrogen-bond acceptors (Lipinski definition) is 4. The molecule has 1 rings (SSSR count). The second-order valence-electron chi connectivity index (χ2n) is 4.45. The van der Waals surface area contributed by atoms with E-state index in [2.05, 4.69) is 16.7 Å². The van der Waals surface area contributed by atoms with E-state index in [4.69, 9.17) is 4.84 Å². The fourth-order valence-electron chi connectivity index (χ4n) is 2.08. The van der Waals surface area contributed by atoms with Crippen molar-refractivity contribution >= 4 is 5.91 Å². The van der Waals surface area contributed by atoms with E-state index in [-0.39, 0.29) is 5.91 Å². The Morgan fingerprint density at radius 2 is 1.88 bits per heavy atom. The molecule has 1 fully saturated rings. The Bertz CT molecular complexity index is 236. The fourth-order valence-corrected chi connectivity index (χ4v) is 2.08. The van der Waals surface area contributed by atoms with Crippen LogP contribution >= 0.6 is 0 Å². The molecule has 0 bridgehead atoms. The minimum Gasteiger partial charge on any atom is -0.302 e. The van der Waals surface area contributed by atoms with Gasteiger partial charge in [0.1, 0.15) is 0 Å². The molecule has 0 aromatic rings. The third kappa shape index (κ3) is 5.02. The molecule has 1 heterocycles. The van der Waals surface area contributed by atoms with Crippen molar-refractivity contribution in [1.82, 2.24) is 14.9 Å². The molecule has 0 aliphatic carbocycles. The van der Waals surface area contributed by atoms with Gasteiger partial charge in [-0.1, -0.05) is 6.92 Å². The van der Waals surface area contributed by atoms with E-state index in [1.807, 2.05) is 0 Å². The molecule has 1 aliphatic rings. The van der Waals surface area contributed by atoms with Gasteiger partial charge in [-0.05, 0) is 26.1 Å². The second-order valence-corrected chi connectivity index (χ2v) is 4.45. The SMILES string of the molecule is CCN1CCCN(CCC(=O)N(C)OC)CC1. The average Bonchev–Trinajstić information content (AvgIpc) is 2.59. The van der Waals surface area contributed by atoms with Crippen LogP contribution in [0.15, 0.2) is 0 Å². The summed E-state index contributed by atoms with van der Waals surface area (Å²) in [6, 6.07) is 0. The monoisotopic (exact) mass is 243 g/mol. The van der Waals surface area contributed by atoms with Crippen LogP contribution in [-0.2, 0) is 9.63 Å². The van der Waals surface area contributed by atoms with Gasteiger partial charge in [0.2, 0.25) is 5.91 Å². The zero-order chi connectivity index (χ0) is 12.7. The van der Waals surface area contributed by atoms with Gasteiger partial charge in [0, 0.05) is 33.1 Å². The molecule has 0 saturated carbocycles. The number of nitrogens with zero attached hydrogens (tertiary/aromatic N) is 3. The minimum absolute atomic E-state index is 0.0455. The summed E-state index contributed by atoms with van der Waals surface area (Å²) >= 11 is 0. The molecule has 1 aliphatic heterocycles. The molecular weight excluding hydrogens is 218 g/mol. The predicted molar refractivity (Wildman–Crippen MR) is 67.6 cm³/mol. The molecule has 5 nitrogen and oxygen atoms in total. The standard InChI is InChI=1S/C12H25N3O2/c1-4-14-7-5-8-15(11-10-14)9-6-12(16)13(2)17-3/h4-11H2,1-3H3. The molecule has 5 heteroatoms. The first-order valence-electron chi connectivity index (χ1n) is 6.42. The quantitative estimate of drug-likeness (QED) is 0.656. The number of carbonyl (C=O) groups is 1. The lowest BCUT2D eigenvalue weighted by atomic mass is 10.3. The van der Waals surface area contributed by atoms with Crippen molar-refractivity contribution in [2.24, 2.45) is 0 Å². The minimum atomic E-state index is 0.0455. The Labute approximate surface area is 104 Å². The van der Waals surface area contributed by atoms with Crippen LogP contribution < -0.4 is 0 Å². The normalized spacial score (nSPS) is 19.0. The Kier molecular flexibility index (Phi) is 6.47. The lowest BCUT2D eigenvalue weighted by Gasteiger charge is -2.21. The largest absolute Gasteiger partial charge is 0.302 e. The molecule has 100 valence electrons. The second kappa shape index (κ2) is 7.63. The first kappa shape index (κ1) is 14.4. The van der Waals surface area contributed by atoms with Crippen molar-refractivity contribution in [2.45, 2.75) is 19.8 Å². The third-order valence-electron chi connectivity index (χ3n) is 3.40. The van der Waals surface area contributed by atoms with Crippen molar-refractivity contribution in [1.29, 1.82) is 0 Å². The molecular formula is C12H25N3O2. The maximum absolute atomic E-state index is 11.6. The molecule has 0 spiro atoms. The maximum Gasteiger partial charge on any atom is 0.247 e. The summed E-state index contributed by atoms with van der Waals surface area (Å²) in [5, 5.41) is 1.30. The van der Waals surface area contributed by atoms with E-state index in [0.717, 1.165) is 32.7 Å². The molecule has 17 heavy (non-hydrogen) atoms. The summed E-state index contributed by atoms with van der Waals surface area (Å²) in [6.45, 7) is 8.62. The average molecular weight is 243 g/mol. The predicted octanol–water partition coefficient (Wildman–Crippen LogP) is 0.424. The maximum atomic E-state index is 11.6. The zero-order valence-electron chi connectivity index (χ0n) is 11.3. The number of amides is 1. The lowest BCUT2D eigenvalue weighted by Crippen LogP contribution is -2.34. The molecule has 0 radical (unpaired) electrons. The van der Waals surface area contributed by atoms with Crippen molar-refractivity contribution in [2.75, 3.05) is 53.4 Å². The van der Waals surface area contributed by atoms with Gasteiger partial charge in [0.05, 0.1) is 7.11 Å². The van der Waals surface area contributed by atoms with Crippen LogP contribution in [0.2, 0.25) is 0 Å². The van der Waals surface area contributed by atoms with Crippen molar-refractivity contribution in [3.63, 3.8) is 0 Å². The van der Waals surface area contributed by atoms with Gasteiger partial charge < -0.3 is 9.80 Å². The molecule has 0 atom stereocenters. The Morgan fingerprint density at radius 3 is 2.53 bits per heavy atom. The van der Waals surface area contributed by atoms with Gasteiger partial charge in [-0.2, -0.15) is 0 Å². The van der Waals surface area contributed by atoms with E-state index < -0.39 is 0 Å². The first-order chi connectivity index (χ1) is 8.17. The Morgan fingerprint density at radius 1 is 1.24 bits per heavy atom. The topological polar surface area (TPSA) is 36.0 Å². The summed E-state index contributed by atoms with van der Waals surface area (Å²) in [4.78, 5) is 21.3. The Balaban J connectivity index is 2.25. The summed E-state index contributed by atoms with van der Waals surface area (Å²) < 4.78 is 0. The number of hydrogen-bond donors (Lipinski definition) is 0. The van der Waals surface area contributed by atoms with E-state index in [1.165, 1.54) is 25.1 Å². The van der Waals surface area contributed by atoms with Crippen LogP contribution in [0.5, 0.6) is 0 Å². The first-order valence-corrected chi connectivity index (χ1v) is 6.42. The molecule has 1 amide bonds. The summed E-state index contributed by atoms with van der Waals surface area (Å²) in [5.41, 5.74) is 0. The number of rotatable bonds is 5. The van der Waals surface area contributed by atoms with Crippen molar-refractivity contribution in [3.05, 3.63) is 0 Å². The number of hydroxylamine groups is 2. The van der Waals surface area contributed by atoms with Gasteiger partial charge in [-0.25, -0.2) is 5.06 Å². The molecule has 0 N–H and O–H groups in total.